The SMILES string of the molecule is CN1CCNC(CC2CCCCC2)C1. The molecule has 0 radical (unpaired) electrons. The van der Waals surface area contributed by atoms with Crippen molar-refractivity contribution in [3.8, 4) is 0 Å². The summed E-state index contributed by atoms with van der Waals surface area (Å²) in [5, 5.41) is 3.66. The molecule has 0 bridgehead atoms. The van der Waals surface area contributed by atoms with E-state index in [-0.39, 0.29) is 0 Å². The molecule has 0 spiro atoms. The molecular weight excluding hydrogens is 172 g/mol. The van der Waals surface area contributed by atoms with Gasteiger partial charge < -0.3 is 10.2 Å². The van der Waals surface area contributed by atoms with Gasteiger partial charge in [0.15, 0.2) is 0 Å². The number of nitrogens with one attached hydrogen (secondary N) is 1. The monoisotopic (exact) mass is 196 g/mol. The van der Waals surface area contributed by atoms with Crippen molar-refractivity contribution in [1.29, 1.82) is 0 Å². The minimum atomic E-state index is 0.775. The summed E-state index contributed by atoms with van der Waals surface area (Å²) in [7, 11) is 2.24. The Kier molecular flexibility index (Phi) is 3.82. The molecule has 2 rings (SSSR count). The number of nitrogens with zero attached hydrogens (tertiary/aromatic N) is 1. The fourth-order valence-corrected chi connectivity index (χ4v) is 2.97. The van der Waals surface area contributed by atoms with Crippen LogP contribution in [0.4, 0.5) is 0 Å². The highest BCUT2D eigenvalue weighted by atomic mass is 15.2. The second-order valence-corrected chi connectivity index (χ2v) is 5.15. The molecular formula is C12H24N2. The molecule has 14 heavy (non-hydrogen) atoms. The lowest BCUT2D eigenvalue weighted by molar-refractivity contribution is 0.201. The molecule has 1 aliphatic carbocycles. The van der Waals surface area contributed by atoms with Crippen LogP contribution in [0.1, 0.15) is 38.5 Å². The Bertz CT molecular complexity index is 164. The summed E-state index contributed by atoms with van der Waals surface area (Å²) in [6.45, 7) is 3.67. The molecule has 1 N–H and O–H groups in total. The van der Waals surface area contributed by atoms with Gasteiger partial charge in [0.05, 0.1) is 0 Å². The number of piperazine rings is 1. The highest BCUT2D eigenvalue weighted by Crippen LogP contribution is 2.27. The summed E-state index contributed by atoms with van der Waals surface area (Å²) >= 11 is 0. The normalized spacial score (nSPS) is 31.9. The molecule has 0 aromatic carbocycles. The van der Waals surface area contributed by atoms with E-state index in [0.717, 1.165) is 12.0 Å². The maximum Gasteiger partial charge on any atom is 0.0198 e. The van der Waals surface area contributed by atoms with Crippen LogP contribution >= 0.6 is 0 Å². The summed E-state index contributed by atoms with van der Waals surface area (Å²) in [5.41, 5.74) is 0. The minimum absolute atomic E-state index is 0.775. The number of likely N-dealkylation sites (N-methyl/N-ethyl adjacent to an activating group) is 1. The van der Waals surface area contributed by atoms with Crippen LogP contribution in [-0.4, -0.2) is 37.6 Å². The Morgan fingerprint density at radius 3 is 2.71 bits per heavy atom. The zero-order chi connectivity index (χ0) is 9.80. The maximum absolute atomic E-state index is 3.66. The average molecular weight is 196 g/mol. The van der Waals surface area contributed by atoms with Gasteiger partial charge in [-0.15, -0.1) is 0 Å². The van der Waals surface area contributed by atoms with Crippen LogP contribution in [0, 0.1) is 5.92 Å². The Balaban J connectivity index is 1.72. The molecule has 0 aromatic rings. The van der Waals surface area contributed by atoms with Crippen LogP contribution in [0.5, 0.6) is 0 Å². The van der Waals surface area contributed by atoms with Crippen LogP contribution < -0.4 is 5.32 Å². The largest absolute Gasteiger partial charge is 0.311 e. The smallest absolute Gasteiger partial charge is 0.0198 e. The van der Waals surface area contributed by atoms with E-state index in [2.05, 4.69) is 17.3 Å². The molecule has 82 valence electrons. The van der Waals surface area contributed by atoms with Crippen molar-refractivity contribution in [3.05, 3.63) is 0 Å². The Labute approximate surface area is 88.1 Å². The highest BCUT2D eigenvalue weighted by Gasteiger charge is 2.21. The van der Waals surface area contributed by atoms with Gasteiger partial charge in [-0.05, 0) is 19.4 Å². The van der Waals surface area contributed by atoms with Gasteiger partial charge in [-0.3, -0.25) is 0 Å². The molecule has 0 amide bonds. The summed E-state index contributed by atoms with van der Waals surface area (Å²) in [6, 6.07) is 0.775. The second-order valence-electron chi connectivity index (χ2n) is 5.15. The zero-order valence-corrected chi connectivity index (χ0v) is 9.47. The molecule has 1 saturated heterocycles. The van der Waals surface area contributed by atoms with Gasteiger partial charge in [-0.2, -0.15) is 0 Å². The Morgan fingerprint density at radius 2 is 2.00 bits per heavy atom. The average Bonchev–Trinajstić information content (AvgIpc) is 2.19. The van der Waals surface area contributed by atoms with Crippen LogP contribution in [-0.2, 0) is 0 Å². The second kappa shape index (κ2) is 5.13. The standard InChI is InChI=1S/C12H24N2/c1-14-8-7-13-12(10-14)9-11-5-3-2-4-6-11/h11-13H,2-10H2,1H3. The van der Waals surface area contributed by atoms with E-state index in [9.17, 15) is 0 Å². The predicted molar refractivity (Wildman–Crippen MR) is 60.5 cm³/mol. The summed E-state index contributed by atoms with van der Waals surface area (Å²) in [5.74, 6) is 1.02. The zero-order valence-electron chi connectivity index (χ0n) is 9.47. The molecule has 0 aromatic heterocycles. The van der Waals surface area contributed by atoms with E-state index in [1.54, 1.807) is 0 Å². The number of rotatable bonds is 2. The molecule has 2 nitrogen and oxygen atoms in total. The van der Waals surface area contributed by atoms with Crippen LogP contribution in [0.3, 0.4) is 0 Å². The minimum Gasteiger partial charge on any atom is -0.311 e. The summed E-state index contributed by atoms with van der Waals surface area (Å²) in [4.78, 5) is 2.46. The van der Waals surface area contributed by atoms with E-state index >= 15 is 0 Å². The maximum atomic E-state index is 3.66. The highest BCUT2D eigenvalue weighted by molar-refractivity contribution is 4.80. The van der Waals surface area contributed by atoms with Gasteiger partial charge in [0.25, 0.3) is 0 Å². The van der Waals surface area contributed by atoms with Gasteiger partial charge in [0.1, 0.15) is 0 Å². The van der Waals surface area contributed by atoms with E-state index < -0.39 is 0 Å². The van der Waals surface area contributed by atoms with E-state index in [4.69, 9.17) is 0 Å². The molecule has 2 fully saturated rings. The van der Waals surface area contributed by atoms with Crippen molar-refractivity contribution in [2.45, 2.75) is 44.6 Å². The fraction of sp³-hybridized carbons (Fsp3) is 1.00. The third kappa shape index (κ3) is 2.96. The first-order valence-electron chi connectivity index (χ1n) is 6.26. The first kappa shape index (κ1) is 10.4. The van der Waals surface area contributed by atoms with E-state index in [1.165, 1.54) is 58.2 Å². The number of hydrogen-bond donors (Lipinski definition) is 1. The first-order chi connectivity index (χ1) is 6.84. The van der Waals surface area contributed by atoms with Crippen molar-refractivity contribution in [3.63, 3.8) is 0 Å². The fourth-order valence-electron chi connectivity index (χ4n) is 2.97. The van der Waals surface area contributed by atoms with Crippen LogP contribution in [0.15, 0.2) is 0 Å². The lowest BCUT2D eigenvalue weighted by atomic mass is 9.84. The van der Waals surface area contributed by atoms with Crippen LogP contribution in [0.2, 0.25) is 0 Å². The van der Waals surface area contributed by atoms with Gasteiger partial charge >= 0.3 is 0 Å². The van der Waals surface area contributed by atoms with Crippen LogP contribution in [0.25, 0.3) is 0 Å². The van der Waals surface area contributed by atoms with Crippen molar-refractivity contribution >= 4 is 0 Å². The molecule has 1 saturated carbocycles. The van der Waals surface area contributed by atoms with Crippen molar-refractivity contribution in [2.24, 2.45) is 5.92 Å². The summed E-state index contributed by atoms with van der Waals surface area (Å²) < 4.78 is 0. The first-order valence-corrected chi connectivity index (χ1v) is 6.26. The third-order valence-corrected chi connectivity index (χ3v) is 3.80. The Morgan fingerprint density at radius 1 is 1.21 bits per heavy atom. The molecule has 2 heteroatoms. The van der Waals surface area contributed by atoms with Gasteiger partial charge in [-0.25, -0.2) is 0 Å². The lowest BCUT2D eigenvalue weighted by Gasteiger charge is -2.34. The Hall–Kier alpha value is -0.0800. The molecule has 1 aliphatic heterocycles. The van der Waals surface area contributed by atoms with Gasteiger partial charge in [-0.1, -0.05) is 32.1 Å². The van der Waals surface area contributed by atoms with Crippen molar-refractivity contribution < 1.29 is 0 Å². The molecule has 2 aliphatic rings. The van der Waals surface area contributed by atoms with Gasteiger partial charge in [0.2, 0.25) is 0 Å². The van der Waals surface area contributed by atoms with E-state index in [0.29, 0.717) is 0 Å². The quantitative estimate of drug-likeness (QED) is 0.725. The predicted octanol–water partition coefficient (Wildman–Crippen LogP) is 1.86. The molecule has 1 heterocycles. The van der Waals surface area contributed by atoms with Gasteiger partial charge in [0, 0.05) is 25.7 Å². The third-order valence-electron chi connectivity index (χ3n) is 3.80. The molecule has 1 unspecified atom stereocenters. The molecule has 1 atom stereocenters. The van der Waals surface area contributed by atoms with Crippen molar-refractivity contribution in [2.75, 3.05) is 26.7 Å². The number of hydrogen-bond acceptors (Lipinski definition) is 2. The topological polar surface area (TPSA) is 15.3 Å². The lowest BCUT2D eigenvalue weighted by Crippen LogP contribution is -2.49. The summed E-state index contributed by atoms with van der Waals surface area (Å²) in [6.07, 6.45) is 8.84. The van der Waals surface area contributed by atoms with E-state index in [1.807, 2.05) is 0 Å². The van der Waals surface area contributed by atoms with Crippen molar-refractivity contribution in [1.82, 2.24) is 10.2 Å².